The maximum absolute atomic E-state index is 13.7. The summed E-state index contributed by atoms with van der Waals surface area (Å²) in [6.07, 6.45) is 4.52. The van der Waals surface area contributed by atoms with Gasteiger partial charge in [0.25, 0.3) is 0 Å². The lowest BCUT2D eigenvalue weighted by Gasteiger charge is -2.26. The minimum atomic E-state index is -4.07. The number of carbonyl (C=O) groups is 1. The van der Waals surface area contributed by atoms with E-state index in [0.29, 0.717) is 24.9 Å². The molecular weight excluding hydrogens is 331 g/mol. The molecule has 0 saturated heterocycles. The molecule has 1 aromatic rings. The number of hydrogen-bond donors (Lipinski definition) is 1. The summed E-state index contributed by atoms with van der Waals surface area (Å²) in [7, 11) is -4.07. The third-order valence-electron chi connectivity index (χ3n) is 4.49. The quantitative estimate of drug-likeness (QED) is 0.778. The number of hydrogen-bond acceptors (Lipinski definition) is 3. The van der Waals surface area contributed by atoms with Gasteiger partial charge in [-0.2, -0.15) is 4.72 Å². The first-order valence-electron chi connectivity index (χ1n) is 8.42. The third-order valence-corrected chi connectivity index (χ3v) is 6.07. The summed E-state index contributed by atoms with van der Waals surface area (Å²) in [5, 5.41) is 0. The van der Waals surface area contributed by atoms with Gasteiger partial charge in [-0.3, -0.25) is 4.79 Å². The summed E-state index contributed by atoms with van der Waals surface area (Å²) in [5.41, 5.74) is 0. The zero-order valence-electron chi connectivity index (χ0n) is 13.7. The Kier molecular flexibility index (Phi) is 4.92. The lowest BCUT2D eigenvalue weighted by atomic mass is 10.2. The number of nitrogens with zero attached hydrogens (tertiary/aromatic N) is 1. The topological polar surface area (TPSA) is 66.5 Å². The minimum Gasteiger partial charge on any atom is -0.341 e. The molecule has 0 aromatic heterocycles. The first-order chi connectivity index (χ1) is 11.4. The Hall–Kier alpha value is -1.47. The molecule has 0 spiro atoms. The van der Waals surface area contributed by atoms with E-state index >= 15 is 0 Å². The van der Waals surface area contributed by atoms with Crippen LogP contribution in [0.1, 0.15) is 32.6 Å². The Morgan fingerprint density at radius 3 is 2.25 bits per heavy atom. The molecule has 1 N–H and O–H groups in total. The number of benzene rings is 1. The van der Waals surface area contributed by atoms with Gasteiger partial charge in [-0.1, -0.05) is 12.1 Å². The van der Waals surface area contributed by atoms with E-state index in [2.05, 4.69) is 4.72 Å². The van der Waals surface area contributed by atoms with Crippen molar-refractivity contribution in [2.45, 2.75) is 43.5 Å². The lowest BCUT2D eigenvalue weighted by molar-refractivity contribution is -0.133. The van der Waals surface area contributed by atoms with Gasteiger partial charge in [-0.15, -0.1) is 0 Å². The van der Waals surface area contributed by atoms with Crippen LogP contribution in [-0.4, -0.2) is 38.4 Å². The van der Waals surface area contributed by atoms with Crippen LogP contribution in [0.15, 0.2) is 29.2 Å². The Bertz CT molecular complexity index is 700. The van der Waals surface area contributed by atoms with Crippen LogP contribution in [0, 0.1) is 17.7 Å². The van der Waals surface area contributed by atoms with Crippen LogP contribution in [0.4, 0.5) is 4.39 Å². The van der Waals surface area contributed by atoms with E-state index < -0.39 is 26.8 Å². The van der Waals surface area contributed by atoms with Gasteiger partial charge in [0.1, 0.15) is 10.7 Å². The molecule has 2 fully saturated rings. The van der Waals surface area contributed by atoms with Crippen molar-refractivity contribution >= 4 is 15.9 Å². The fourth-order valence-corrected chi connectivity index (χ4v) is 4.04. The highest BCUT2D eigenvalue weighted by atomic mass is 32.2. The highest BCUT2D eigenvalue weighted by Crippen LogP contribution is 2.34. The standard InChI is InChI=1S/C17H23FN2O3S/c1-12(19-24(22,23)16-5-3-2-4-15(16)18)17(21)20(10-13-6-7-13)11-14-8-9-14/h2-5,12-14,19H,6-11H2,1H3/t12-/m0/s1. The van der Waals surface area contributed by atoms with Gasteiger partial charge < -0.3 is 4.90 Å². The Morgan fingerprint density at radius 2 is 1.75 bits per heavy atom. The predicted octanol–water partition coefficient (Wildman–Crippen LogP) is 2.14. The first kappa shape index (κ1) is 17.4. The molecule has 1 aromatic carbocycles. The number of rotatable bonds is 8. The smallest absolute Gasteiger partial charge is 0.244 e. The van der Waals surface area contributed by atoms with Crippen LogP contribution >= 0.6 is 0 Å². The number of nitrogens with one attached hydrogen (secondary N) is 1. The zero-order chi connectivity index (χ0) is 17.3. The van der Waals surface area contributed by atoms with E-state index in [1.807, 2.05) is 0 Å². The third kappa shape index (κ3) is 4.33. The van der Waals surface area contributed by atoms with E-state index in [1.54, 1.807) is 4.90 Å². The SMILES string of the molecule is C[C@H](NS(=O)(=O)c1ccccc1F)C(=O)N(CC1CC1)CC1CC1. The second-order valence-electron chi connectivity index (χ2n) is 6.90. The lowest BCUT2D eigenvalue weighted by Crippen LogP contribution is -2.48. The van der Waals surface area contributed by atoms with Crippen molar-refractivity contribution in [3.8, 4) is 0 Å². The molecule has 1 atom stereocenters. The van der Waals surface area contributed by atoms with Crippen molar-refractivity contribution in [1.29, 1.82) is 0 Å². The summed E-state index contributed by atoms with van der Waals surface area (Å²) in [6, 6.07) is 4.26. The van der Waals surface area contributed by atoms with E-state index in [9.17, 15) is 17.6 Å². The molecule has 0 heterocycles. The van der Waals surface area contributed by atoms with Crippen LogP contribution in [-0.2, 0) is 14.8 Å². The fraction of sp³-hybridized carbons (Fsp3) is 0.588. The molecule has 2 aliphatic rings. The number of sulfonamides is 1. The van der Waals surface area contributed by atoms with E-state index in [1.165, 1.54) is 25.1 Å². The molecule has 5 nitrogen and oxygen atoms in total. The Balaban J connectivity index is 1.68. The van der Waals surface area contributed by atoms with Crippen molar-refractivity contribution in [3.05, 3.63) is 30.1 Å². The summed E-state index contributed by atoms with van der Waals surface area (Å²) >= 11 is 0. The molecule has 0 radical (unpaired) electrons. The maximum Gasteiger partial charge on any atom is 0.244 e. The van der Waals surface area contributed by atoms with Crippen LogP contribution < -0.4 is 4.72 Å². The molecular formula is C17H23FN2O3S. The van der Waals surface area contributed by atoms with Gasteiger partial charge in [0.05, 0.1) is 6.04 Å². The average Bonchev–Trinajstić information content (AvgIpc) is 3.41. The molecule has 0 aliphatic heterocycles. The second-order valence-corrected chi connectivity index (χ2v) is 8.59. The van der Waals surface area contributed by atoms with Crippen molar-refractivity contribution in [1.82, 2.24) is 9.62 Å². The van der Waals surface area contributed by atoms with Gasteiger partial charge in [-0.25, -0.2) is 12.8 Å². The maximum atomic E-state index is 13.7. The van der Waals surface area contributed by atoms with Crippen LogP contribution in [0.5, 0.6) is 0 Å². The highest BCUT2D eigenvalue weighted by Gasteiger charge is 2.34. The number of carbonyl (C=O) groups excluding carboxylic acids is 1. The summed E-state index contributed by atoms with van der Waals surface area (Å²) in [5.74, 6) is 0.0392. The van der Waals surface area contributed by atoms with Crippen molar-refractivity contribution in [2.75, 3.05) is 13.1 Å². The van der Waals surface area contributed by atoms with Crippen molar-refractivity contribution in [3.63, 3.8) is 0 Å². The second kappa shape index (κ2) is 6.80. The van der Waals surface area contributed by atoms with Crippen molar-refractivity contribution < 1.29 is 17.6 Å². The first-order valence-corrected chi connectivity index (χ1v) is 9.91. The van der Waals surface area contributed by atoms with Gasteiger partial charge in [-0.05, 0) is 56.6 Å². The minimum absolute atomic E-state index is 0.228. The van der Waals surface area contributed by atoms with E-state index in [-0.39, 0.29) is 5.91 Å². The summed E-state index contributed by atoms with van der Waals surface area (Å²) in [4.78, 5) is 14.0. The molecule has 0 unspecified atom stereocenters. The summed E-state index contributed by atoms with van der Waals surface area (Å²) in [6.45, 7) is 2.91. The summed E-state index contributed by atoms with van der Waals surface area (Å²) < 4.78 is 40.7. The Morgan fingerprint density at radius 1 is 1.21 bits per heavy atom. The van der Waals surface area contributed by atoms with Gasteiger partial charge in [0.15, 0.2) is 0 Å². The highest BCUT2D eigenvalue weighted by molar-refractivity contribution is 7.89. The van der Waals surface area contributed by atoms with Crippen LogP contribution in [0.25, 0.3) is 0 Å². The molecule has 2 aliphatic carbocycles. The Labute approximate surface area is 142 Å². The molecule has 132 valence electrons. The molecule has 3 rings (SSSR count). The molecule has 0 bridgehead atoms. The zero-order valence-corrected chi connectivity index (χ0v) is 14.6. The molecule has 24 heavy (non-hydrogen) atoms. The predicted molar refractivity (Wildman–Crippen MR) is 88.2 cm³/mol. The largest absolute Gasteiger partial charge is 0.341 e. The number of halogens is 1. The van der Waals surface area contributed by atoms with Crippen LogP contribution in [0.2, 0.25) is 0 Å². The monoisotopic (exact) mass is 354 g/mol. The van der Waals surface area contributed by atoms with Gasteiger partial charge >= 0.3 is 0 Å². The van der Waals surface area contributed by atoms with E-state index in [0.717, 1.165) is 31.7 Å². The molecule has 7 heteroatoms. The van der Waals surface area contributed by atoms with Gasteiger partial charge in [0, 0.05) is 13.1 Å². The normalized spacial score (nSPS) is 19.1. The molecule has 2 saturated carbocycles. The fourth-order valence-electron chi connectivity index (χ4n) is 2.76. The molecule has 1 amide bonds. The van der Waals surface area contributed by atoms with Crippen LogP contribution in [0.3, 0.4) is 0 Å². The average molecular weight is 354 g/mol. The number of amides is 1. The van der Waals surface area contributed by atoms with Crippen molar-refractivity contribution in [2.24, 2.45) is 11.8 Å². The van der Waals surface area contributed by atoms with E-state index in [4.69, 9.17) is 0 Å². The van der Waals surface area contributed by atoms with Gasteiger partial charge in [0.2, 0.25) is 15.9 Å².